The average molecular weight is 396 g/mol. The predicted octanol–water partition coefficient (Wildman–Crippen LogP) is 4.29. The first-order valence-electron chi connectivity index (χ1n) is 10.8. The Balaban J connectivity index is 1.51. The summed E-state index contributed by atoms with van der Waals surface area (Å²) in [6.45, 7) is 12.4. The molecule has 5 nitrogen and oxygen atoms in total. The molecule has 1 aromatic carbocycles. The lowest BCUT2D eigenvalue weighted by molar-refractivity contribution is -0.102. The van der Waals surface area contributed by atoms with Gasteiger partial charge in [0.1, 0.15) is 17.2 Å². The molecule has 2 aliphatic rings. The van der Waals surface area contributed by atoms with E-state index in [1.807, 2.05) is 6.20 Å². The number of methoxy groups -OCH3 is 1. The summed E-state index contributed by atoms with van der Waals surface area (Å²) >= 11 is 0. The van der Waals surface area contributed by atoms with Crippen LogP contribution in [-0.4, -0.2) is 41.7 Å². The zero-order chi connectivity index (χ0) is 20.6. The highest BCUT2D eigenvalue weighted by molar-refractivity contribution is 5.41. The van der Waals surface area contributed by atoms with Crippen molar-refractivity contribution in [3.05, 3.63) is 52.1 Å². The van der Waals surface area contributed by atoms with Crippen LogP contribution in [0.5, 0.6) is 5.75 Å². The van der Waals surface area contributed by atoms with E-state index in [1.165, 1.54) is 22.3 Å². The number of piperidine rings is 1. The van der Waals surface area contributed by atoms with E-state index in [1.54, 1.807) is 7.11 Å². The Hall–Kier alpha value is -1.98. The first-order valence-corrected chi connectivity index (χ1v) is 10.8. The fourth-order valence-electron chi connectivity index (χ4n) is 4.63. The molecule has 29 heavy (non-hydrogen) atoms. The minimum absolute atomic E-state index is 0.235. The van der Waals surface area contributed by atoms with Crippen LogP contribution in [0.15, 0.2) is 18.3 Å². The number of fused-ring (bicyclic) bond motifs is 2. The highest BCUT2D eigenvalue weighted by atomic mass is 16.5. The summed E-state index contributed by atoms with van der Waals surface area (Å²) in [6.07, 6.45) is 4.94. The molecule has 2 aromatic rings. The smallest absolute Gasteiger partial charge is 0.131 e. The number of hydrogen-bond donors (Lipinski definition) is 0. The van der Waals surface area contributed by atoms with Gasteiger partial charge in [0, 0.05) is 31.7 Å². The molecule has 1 spiro atoms. The Bertz CT molecular complexity index is 886. The van der Waals surface area contributed by atoms with Gasteiger partial charge in [0.25, 0.3) is 0 Å². The summed E-state index contributed by atoms with van der Waals surface area (Å²) in [5.41, 5.74) is 6.06. The van der Waals surface area contributed by atoms with Crippen LogP contribution >= 0.6 is 0 Å². The van der Waals surface area contributed by atoms with Crippen molar-refractivity contribution < 1.29 is 9.47 Å². The number of aromatic nitrogens is 2. The Morgan fingerprint density at radius 2 is 1.93 bits per heavy atom. The van der Waals surface area contributed by atoms with Crippen molar-refractivity contribution in [1.82, 2.24) is 14.9 Å². The van der Waals surface area contributed by atoms with E-state index >= 15 is 0 Å². The third kappa shape index (κ3) is 3.90. The molecule has 0 aliphatic carbocycles. The van der Waals surface area contributed by atoms with Crippen LogP contribution in [0.4, 0.5) is 0 Å². The van der Waals surface area contributed by atoms with Gasteiger partial charge >= 0.3 is 0 Å². The molecule has 0 unspecified atom stereocenters. The number of hydrogen-bond acceptors (Lipinski definition) is 5. The first kappa shape index (κ1) is 20.3. The summed E-state index contributed by atoms with van der Waals surface area (Å²) in [5.74, 6) is 2.23. The summed E-state index contributed by atoms with van der Waals surface area (Å²) in [6, 6.07) is 4.42. The maximum absolute atomic E-state index is 6.41. The summed E-state index contributed by atoms with van der Waals surface area (Å²) in [5, 5.41) is 0. The predicted molar refractivity (Wildman–Crippen MR) is 114 cm³/mol. The second kappa shape index (κ2) is 8.04. The van der Waals surface area contributed by atoms with Gasteiger partial charge in [-0.05, 0) is 61.4 Å². The van der Waals surface area contributed by atoms with E-state index in [0.29, 0.717) is 5.92 Å². The fourth-order valence-corrected chi connectivity index (χ4v) is 4.63. The molecule has 2 aliphatic heterocycles. The van der Waals surface area contributed by atoms with Crippen molar-refractivity contribution in [3.63, 3.8) is 0 Å². The fraction of sp³-hybridized carbons (Fsp3) is 0.583. The number of aryl methyl sites for hydroxylation is 2. The SMILES string of the molecule is COc1cc(C)c(CN2CCC3(CC2)OCCc2cnc(C(C)C)nc23)cc1C. The van der Waals surface area contributed by atoms with Crippen LogP contribution in [-0.2, 0) is 23.3 Å². The third-order valence-electron chi connectivity index (χ3n) is 6.49. The Kier molecular flexibility index (Phi) is 5.63. The van der Waals surface area contributed by atoms with Crippen LogP contribution in [0, 0.1) is 13.8 Å². The van der Waals surface area contributed by atoms with Gasteiger partial charge < -0.3 is 9.47 Å². The molecule has 156 valence electrons. The standard InChI is InChI=1S/C24H33N3O2/c1-16(2)23-25-14-19-6-11-29-24(22(19)26-23)7-9-27(10-8-24)15-20-12-18(4)21(28-5)13-17(20)3/h12-14,16H,6-11,15H2,1-5H3. The molecule has 1 fully saturated rings. The molecular weight excluding hydrogens is 362 g/mol. The third-order valence-corrected chi connectivity index (χ3v) is 6.49. The second-order valence-corrected chi connectivity index (χ2v) is 8.87. The van der Waals surface area contributed by atoms with Crippen molar-refractivity contribution >= 4 is 0 Å². The van der Waals surface area contributed by atoms with E-state index < -0.39 is 0 Å². The van der Waals surface area contributed by atoms with Crippen molar-refractivity contribution in [2.45, 2.75) is 65.0 Å². The van der Waals surface area contributed by atoms with Crippen LogP contribution < -0.4 is 4.74 Å². The van der Waals surface area contributed by atoms with E-state index in [4.69, 9.17) is 14.5 Å². The molecule has 4 rings (SSSR count). The molecule has 0 N–H and O–H groups in total. The molecule has 3 heterocycles. The van der Waals surface area contributed by atoms with Crippen LogP contribution in [0.25, 0.3) is 0 Å². The van der Waals surface area contributed by atoms with Gasteiger partial charge in [0.2, 0.25) is 0 Å². The number of nitrogens with zero attached hydrogens (tertiary/aromatic N) is 3. The number of rotatable bonds is 4. The number of benzene rings is 1. The molecule has 5 heteroatoms. The lowest BCUT2D eigenvalue weighted by Gasteiger charge is -2.44. The van der Waals surface area contributed by atoms with Crippen molar-refractivity contribution in [3.8, 4) is 5.75 Å². The Morgan fingerprint density at radius 1 is 1.17 bits per heavy atom. The van der Waals surface area contributed by atoms with Crippen LogP contribution in [0.3, 0.4) is 0 Å². The molecule has 1 saturated heterocycles. The van der Waals surface area contributed by atoms with E-state index in [0.717, 1.165) is 62.8 Å². The maximum Gasteiger partial charge on any atom is 0.131 e. The highest BCUT2D eigenvalue weighted by Gasteiger charge is 2.42. The largest absolute Gasteiger partial charge is 0.496 e. The topological polar surface area (TPSA) is 47.5 Å². The number of ether oxygens (including phenoxy) is 2. The van der Waals surface area contributed by atoms with Gasteiger partial charge in [0.05, 0.1) is 19.4 Å². The molecule has 0 saturated carbocycles. The molecule has 0 atom stereocenters. The lowest BCUT2D eigenvalue weighted by atomic mass is 9.83. The molecular formula is C24H33N3O2. The van der Waals surface area contributed by atoms with E-state index in [9.17, 15) is 0 Å². The summed E-state index contributed by atoms with van der Waals surface area (Å²) < 4.78 is 11.9. The zero-order valence-electron chi connectivity index (χ0n) is 18.4. The monoisotopic (exact) mass is 395 g/mol. The van der Waals surface area contributed by atoms with Crippen molar-refractivity contribution in [2.24, 2.45) is 0 Å². The van der Waals surface area contributed by atoms with E-state index in [-0.39, 0.29) is 5.60 Å². The average Bonchev–Trinajstić information content (AvgIpc) is 2.72. The van der Waals surface area contributed by atoms with Gasteiger partial charge in [-0.2, -0.15) is 0 Å². The van der Waals surface area contributed by atoms with Gasteiger partial charge in [-0.15, -0.1) is 0 Å². The molecule has 0 bridgehead atoms. The zero-order valence-corrected chi connectivity index (χ0v) is 18.4. The lowest BCUT2D eigenvalue weighted by Crippen LogP contribution is -2.47. The normalized spacial score (nSPS) is 18.8. The van der Waals surface area contributed by atoms with Crippen LogP contribution in [0.2, 0.25) is 0 Å². The first-order chi connectivity index (χ1) is 13.9. The van der Waals surface area contributed by atoms with Gasteiger partial charge in [0.15, 0.2) is 0 Å². The molecule has 0 amide bonds. The quantitative estimate of drug-likeness (QED) is 0.773. The summed E-state index contributed by atoms with van der Waals surface area (Å²) in [4.78, 5) is 12.1. The molecule has 1 aromatic heterocycles. The highest BCUT2D eigenvalue weighted by Crippen LogP contribution is 2.41. The van der Waals surface area contributed by atoms with Gasteiger partial charge in [-0.3, -0.25) is 4.90 Å². The Labute approximate surface area is 174 Å². The van der Waals surface area contributed by atoms with Crippen LogP contribution in [0.1, 0.15) is 66.4 Å². The maximum atomic E-state index is 6.41. The Morgan fingerprint density at radius 3 is 2.62 bits per heavy atom. The minimum atomic E-state index is -0.235. The minimum Gasteiger partial charge on any atom is -0.496 e. The molecule has 0 radical (unpaired) electrons. The summed E-state index contributed by atoms with van der Waals surface area (Å²) in [7, 11) is 1.74. The van der Waals surface area contributed by atoms with Gasteiger partial charge in [-0.25, -0.2) is 9.97 Å². The number of likely N-dealkylation sites (tertiary alicyclic amines) is 1. The van der Waals surface area contributed by atoms with Crippen molar-refractivity contribution in [1.29, 1.82) is 0 Å². The van der Waals surface area contributed by atoms with Crippen molar-refractivity contribution in [2.75, 3.05) is 26.8 Å². The van der Waals surface area contributed by atoms with Gasteiger partial charge in [-0.1, -0.05) is 19.9 Å². The van der Waals surface area contributed by atoms with E-state index in [2.05, 4.69) is 49.7 Å². The second-order valence-electron chi connectivity index (χ2n) is 8.87.